The number of amides is 1. The molecule has 2 fully saturated rings. The maximum Gasteiger partial charge on any atom is 0.236 e. The average Bonchev–Trinajstić information content (AvgIpc) is 3.00. The minimum absolute atomic E-state index is 0.282. The van der Waals surface area contributed by atoms with E-state index in [9.17, 15) is 4.79 Å². The van der Waals surface area contributed by atoms with Crippen molar-refractivity contribution in [2.75, 3.05) is 50.7 Å². The molecule has 0 atom stereocenters. The summed E-state index contributed by atoms with van der Waals surface area (Å²) in [7, 11) is 5.84. The Morgan fingerprint density at radius 2 is 1.76 bits per heavy atom. The Hall–Kier alpha value is -1.49. The van der Waals surface area contributed by atoms with Crippen LogP contribution in [-0.2, 0) is 4.79 Å². The third-order valence-electron chi connectivity index (χ3n) is 4.43. The van der Waals surface area contributed by atoms with Gasteiger partial charge in [0.2, 0.25) is 5.91 Å². The number of nitrogens with zero attached hydrogens (tertiary/aromatic N) is 3. The van der Waals surface area contributed by atoms with Crippen LogP contribution >= 0.6 is 0 Å². The number of piperazine rings is 1. The van der Waals surface area contributed by atoms with Crippen molar-refractivity contribution >= 4 is 24.9 Å². The Labute approximate surface area is 128 Å². The topological polar surface area (TPSA) is 26.8 Å². The zero-order valence-electron chi connectivity index (χ0n) is 12.5. The van der Waals surface area contributed by atoms with E-state index in [0.717, 1.165) is 50.4 Å². The van der Waals surface area contributed by atoms with Crippen molar-refractivity contribution in [2.24, 2.45) is 0 Å². The van der Waals surface area contributed by atoms with Crippen LogP contribution in [0.1, 0.15) is 12.8 Å². The second-order valence-electron chi connectivity index (χ2n) is 5.95. The minimum atomic E-state index is 0.282. The number of likely N-dealkylation sites (tertiary alicyclic amines) is 1. The van der Waals surface area contributed by atoms with Crippen LogP contribution in [0.3, 0.4) is 0 Å². The monoisotopic (exact) mass is 283 g/mol. The van der Waals surface area contributed by atoms with Crippen molar-refractivity contribution in [1.82, 2.24) is 9.80 Å². The molecule has 21 heavy (non-hydrogen) atoms. The lowest BCUT2D eigenvalue weighted by Crippen LogP contribution is -2.51. The first-order chi connectivity index (χ1) is 10.2. The van der Waals surface area contributed by atoms with Crippen LogP contribution in [0.15, 0.2) is 24.3 Å². The maximum absolute atomic E-state index is 12.3. The van der Waals surface area contributed by atoms with Gasteiger partial charge in [0, 0.05) is 31.9 Å². The van der Waals surface area contributed by atoms with E-state index in [1.54, 1.807) is 0 Å². The highest BCUT2D eigenvalue weighted by Crippen LogP contribution is 2.15. The van der Waals surface area contributed by atoms with Gasteiger partial charge in [0.15, 0.2) is 0 Å². The van der Waals surface area contributed by atoms with Gasteiger partial charge in [-0.3, -0.25) is 9.69 Å². The fraction of sp³-hybridized carbons (Fsp3) is 0.562. The number of carbonyl (C=O) groups is 1. The maximum atomic E-state index is 12.3. The van der Waals surface area contributed by atoms with Crippen molar-refractivity contribution in [2.45, 2.75) is 12.8 Å². The minimum Gasteiger partial charge on any atom is -0.368 e. The molecule has 1 aromatic rings. The molecule has 110 valence electrons. The van der Waals surface area contributed by atoms with Crippen molar-refractivity contribution < 1.29 is 4.79 Å². The average molecular weight is 283 g/mol. The molecule has 0 saturated carbocycles. The summed E-state index contributed by atoms with van der Waals surface area (Å²) in [5.41, 5.74) is 1.95. The van der Waals surface area contributed by atoms with Gasteiger partial charge in [-0.05, 0) is 38.1 Å². The lowest BCUT2D eigenvalue weighted by molar-refractivity contribution is -0.132. The Balaban J connectivity index is 1.51. The van der Waals surface area contributed by atoms with Gasteiger partial charge < -0.3 is 9.80 Å². The van der Waals surface area contributed by atoms with Gasteiger partial charge in [0.25, 0.3) is 0 Å². The molecule has 1 amide bonds. The van der Waals surface area contributed by atoms with Crippen LogP contribution < -0.4 is 10.4 Å². The number of rotatable bonds is 3. The summed E-state index contributed by atoms with van der Waals surface area (Å²) >= 11 is 0. The second kappa shape index (κ2) is 6.52. The molecule has 0 unspecified atom stereocenters. The van der Waals surface area contributed by atoms with E-state index in [0.29, 0.717) is 6.54 Å². The zero-order chi connectivity index (χ0) is 14.7. The molecule has 0 bridgehead atoms. The molecular weight excluding hydrogens is 261 g/mol. The van der Waals surface area contributed by atoms with E-state index in [-0.39, 0.29) is 5.91 Å². The Kier molecular flexibility index (Phi) is 4.49. The Bertz CT molecular complexity index is 494. The smallest absolute Gasteiger partial charge is 0.236 e. The van der Waals surface area contributed by atoms with E-state index in [1.165, 1.54) is 12.8 Å². The van der Waals surface area contributed by atoms with E-state index in [1.807, 2.05) is 23.1 Å². The van der Waals surface area contributed by atoms with Crippen LogP contribution in [0.4, 0.5) is 5.69 Å². The zero-order valence-corrected chi connectivity index (χ0v) is 12.5. The van der Waals surface area contributed by atoms with Gasteiger partial charge in [-0.15, -0.1) is 0 Å². The SMILES string of the molecule is [B]c1cccc(N2CCN(C(=O)CN3CCCC3)CC2)c1. The normalized spacial score (nSPS) is 20.0. The van der Waals surface area contributed by atoms with Crippen LogP contribution in [0.5, 0.6) is 0 Å². The first-order valence-electron chi connectivity index (χ1n) is 7.83. The highest BCUT2D eigenvalue weighted by molar-refractivity contribution is 6.32. The molecule has 2 aliphatic rings. The molecule has 1 aromatic carbocycles. The number of anilines is 1. The molecule has 2 aliphatic heterocycles. The fourth-order valence-corrected chi connectivity index (χ4v) is 3.17. The van der Waals surface area contributed by atoms with E-state index < -0.39 is 0 Å². The predicted octanol–water partition coefficient (Wildman–Crippen LogP) is 0.225. The molecule has 5 heteroatoms. The molecule has 0 N–H and O–H groups in total. The fourth-order valence-electron chi connectivity index (χ4n) is 3.17. The van der Waals surface area contributed by atoms with Crippen LogP contribution in [0, 0.1) is 0 Å². The van der Waals surface area contributed by atoms with Gasteiger partial charge in [-0.2, -0.15) is 0 Å². The lowest BCUT2D eigenvalue weighted by Gasteiger charge is -2.37. The van der Waals surface area contributed by atoms with E-state index in [4.69, 9.17) is 7.85 Å². The third kappa shape index (κ3) is 3.59. The first kappa shape index (κ1) is 14.5. The number of carbonyl (C=O) groups excluding carboxylic acids is 1. The molecule has 2 saturated heterocycles. The summed E-state index contributed by atoms with van der Waals surface area (Å²) in [5.74, 6) is 0.282. The van der Waals surface area contributed by atoms with Crippen LogP contribution in [-0.4, -0.2) is 69.4 Å². The van der Waals surface area contributed by atoms with Crippen molar-refractivity contribution in [3.63, 3.8) is 0 Å². The molecule has 3 rings (SSSR count). The molecule has 0 aliphatic carbocycles. The van der Waals surface area contributed by atoms with Crippen molar-refractivity contribution in [1.29, 1.82) is 0 Å². The molecule has 2 radical (unpaired) electrons. The quantitative estimate of drug-likeness (QED) is 0.743. The number of hydrogen-bond acceptors (Lipinski definition) is 3. The van der Waals surface area contributed by atoms with E-state index in [2.05, 4.69) is 15.9 Å². The number of benzene rings is 1. The molecule has 0 spiro atoms. The predicted molar refractivity (Wildman–Crippen MR) is 86.3 cm³/mol. The molecule has 0 aromatic heterocycles. The highest BCUT2D eigenvalue weighted by Gasteiger charge is 2.23. The highest BCUT2D eigenvalue weighted by atomic mass is 16.2. The Morgan fingerprint density at radius 3 is 2.43 bits per heavy atom. The summed E-state index contributed by atoms with van der Waals surface area (Å²) < 4.78 is 0. The van der Waals surface area contributed by atoms with Gasteiger partial charge in [0.1, 0.15) is 7.85 Å². The lowest BCUT2D eigenvalue weighted by atomic mass is 9.96. The summed E-state index contributed by atoms with van der Waals surface area (Å²) in [6.45, 7) is 6.13. The largest absolute Gasteiger partial charge is 0.368 e. The first-order valence-corrected chi connectivity index (χ1v) is 7.83. The third-order valence-corrected chi connectivity index (χ3v) is 4.43. The van der Waals surface area contributed by atoms with Crippen molar-refractivity contribution in [3.05, 3.63) is 24.3 Å². The van der Waals surface area contributed by atoms with Gasteiger partial charge in [-0.25, -0.2) is 0 Å². The van der Waals surface area contributed by atoms with Gasteiger partial charge >= 0.3 is 0 Å². The standard InChI is InChI=1S/C16H22BN3O/c17-14-4-3-5-15(12-14)19-8-10-20(11-9-19)16(21)13-18-6-1-2-7-18/h3-5,12H,1-2,6-11,13H2. The van der Waals surface area contributed by atoms with E-state index >= 15 is 0 Å². The van der Waals surface area contributed by atoms with Crippen LogP contribution in [0.2, 0.25) is 0 Å². The summed E-state index contributed by atoms with van der Waals surface area (Å²) in [6.07, 6.45) is 2.47. The summed E-state index contributed by atoms with van der Waals surface area (Å²) in [5, 5.41) is 0. The second-order valence-corrected chi connectivity index (χ2v) is 5.95. The van der Waals surface area contributed by atoms with Crippen molar-refractivity contribution in [3.8, 4) is 0 Å². The molecular formula is C16H22BN3O. The van der Waals surface area contributed by atoms with Crippen LogP contribution in [0.25, 0.3) is 0 Å². The number of hydrogen-bond donors (Lipinski definition) is 0. The summed E-state index contributed by atoms with van der Waals surface area (Å²) in [4.78, 5) is 18.9. The molecule has 2 heterocycles. The Morgan fingerprint density at radius 1 is 1.05 bits per heavy atom. The summed E-state index contributed by atoms with van der Waals surface area (Å²) in [6, 6.07) is 7.97. The van der Waals surface area contributed by atoms with Gasteiger partial charge in [-0.1, -0.05) is 17.6 Å². The van der Waals surface area contributed by atoms with Gasteiger partial charge in [0.05, 0.1) is 6.54 Å². The molecule has 4 nitrogen and oxygen atoms in total.